The molecule has 3 heteroatoms. The van der Waals surface area contributed by atoms with Gasteiger partial charge in [0.15, 0.2) is 0 Å². The summed E-state index contributed by atoms with van der Waals surface area (Å²) in [5, 5.41) is 10.4. The van der Waals surface area contributed by atoms with Gasteiger partial charge in [-0.2, -0.15) is 0 Å². The highest BCUT2D eigenvalue weighted by Crippen LogP contribution is 2.25. The lowest BCUT2D eigenvalue weighted by atomic mass is 10.00. The second-order valence-corrected chi connectivity index (χ2v) is 4.28. The lowest BCUT2D eigenvalue weighted by Crippen LogP contribution is -2.08. The zero-order valence-electron chi connectivity index (χ0n) is 10.1. The zero-order valence-corrected chi connectivity index (χ0v) is 10.1. The highest BCUT2D eigenvalue weighted by Gasteiger charge is 2.11. The molecular weight excluding hydrogens is 216 g/mol. The van der Waals surface area contributed by atoms with Gasteiger partial charge in [-0.15, -0.1) is 0 Å². The smallest absolute Gasteiger partial charge is 0.339 e. The predicted octanol–water partition coefficient (Wildman–Crippen LogP) is 3.15. The zero-order chi connectivity index (χ0) is 12.4. The van der Waals surface area contributed by atoms with Gasteiger partial charge in [-0.1, -0.05) is 13.3 Å². The molecule has 3 nitrogen and oxygen atoms in total. The standard InChI is InChI=1S/C14H16O3/c1-3-4-5-11-9(2)14(16)17-13-7-6-10(15)8-12(11)13/h6-8,15H,3-5H2,1-2H3. The molecule has 0 atom stereocenters. The number of unbranched alkanes of at least 4 members (excludes halogenated alkanes) is 1. The average molecular weight is 232 g/mol. The third kappa shape index (κ3) is 2.18. The van der Waals surface area contributed by atoms with Gasteiger partial charge in [0.25, 0.3) is 0 Å². The van der Waals surface area contributed by atoms with Crippen LogP contribution in [-0.2, 0) is 6.42 Å². The topological polar surface area (TPSA) is 50.4 Å². The molecule has 1 N–H and O–H groups in total. The van der Waals surface area contributed by atoms with Crippen molar-refractivity contribution in [3.8, 4) is 5.75 Å². The summed E-state index contributed by atoms with van der Waals surface area (Å²) in [7, 11) is 0. The molecule has 0 saturated carbocycles. The summed E-state index contributed by atoms with van der Waals surface area (Å²) in [6.07, 6.45) is 2.93. The maximum atomic E-state index is 11.7. The molecule has 17 heavy (non-hydrogen) atoms. The Labute approximate surface area is 99.7 Å². The third-order valence-corrected chi connectivity index (χ3v) is 3.03. The van der Waals surface area contributed by atoms with Crippen LogP contribution in [0.15, 0.2) is 27.4 Å². The lowest BCUT2D eigenvalue weighted by Gasteiger charge is -2.08. The van der Waals surface area contributed by atoms with Crippen LogP contribution < -0.4 is 5.63 Å². The van der Waals surface area contributed by atoms with E-state index in [0.29, 0.717) is 11.1 Å². The Morgan fingerprint density at radius 2 is 2.12 bits per heavy atom. The van der Waals surface area contributed by atoms with E-state index in [1.807, 2.05) is 0 Å². The predicted molar refractivity (Wildman–Crippen MR) is 67.5 cm³/mol. The van der Waals surface area contributed by atoms with Crippen molar-refractivity contribution in [1.82, 2.24) is 0 Å². The number of phenolic OH excluding ortho intramolecular Hbond substituents is 1. The molecule has 1 aromatic carbocycles. The van der Waals surface area contributed by atoms with Gasteiger partial charge >= 0.3 is 5.63 Å². The van der Waals surface area contributed by atoms with E-state index in [2.05, 4.69) is 6.92 Å². The number of phenols is 1. The molecule has 0 radical (unpaired) electrons. The van der Waals surface area contributed by atoms with Crippen molar-refractivity contribution in [2.45, 2.75) is 33.1 Å². The van der Waals surface area contributed by atoms with Crippen LogP contribution in [-0.4, -0.2) is 5.11 Å². The molecule has 0 aliphatic carbocycles. The van der Waals surface area contributed by atoms with Crippen LogP contribution in [0.5, 0.6) is 5.75 Å². The normalized spacial score (nSPS) is 10.9. The van der Waals surface area contributed by atoms with Crippen LogP contribution in [0.1, 0.15) is 30.9 Å². The summed E-state index contributed by atoms with van der Waals surface area (Å²) in [6.45, 7) is 3.89. The third-order valence-electron chi connectivity index (χ3n) is 3.03. The fourth-order valence-electron chi connectivity index (χ4n) is 2.02. The molecule has 90 valence electrons. The van der Waals surface area contributed by atoms with E-state index < -0.39 is 0 Å². The molecule has 0 saturated heterocycles. The summed E-state index contributed by atoms with van der Waals surface area (Å²) in [4.78, 5) is 11.7. The molecule has 0 aliphatic heterocycles. The van der Waals surface area contributed by atoms with E-state index in [-0.39, 0.29) is 11.4 Å². The molecule has 0 spiro atoms. The van der Waals surface area contributed by atoms with Gasteiger partial charge in [-0.3, -0.25) is 0 Å². The molecule has 2 aromatic rings. The minimum Gasteiger partial charge on any atom is -0.508 e. The Balaban J connectivity index is 2.70. The number of aryl methyl sites for hydroxylation is 1. The highest BCUT2D eigenvalue weighted by molar-refractivity contribution is 5.82. The van der Waals surface area contributed by atoms with E-state index in [0.717, 1.165) is 30.2 Å². The summed E-state index contributed by atoms with van der Waals surface area (Å²) < 4.78 is 5.20. The van der Waals surface area contributed by atoms with Crippen LogP contribution in [0, 0.1) is 6.92 Å². The van der Waals surface area contributed by atoms with Gasteiger partial charge < -0.3 is 9.52 Å². The van der Waals surface area contributed by atoms with Crippen molar-refractivity contribution >= 4 is 11.0 Å². The summed E-state index contributed by atoms with van der Waals surface area (Å²) >= 11 is 0. The summed E-state index contributed by atoms with van der Waals surface area (Å²) in [5.41, 5.74) is 1.91. The first-order valence-electron chi connectivity index (χ1n) is 5.88. The Kier molecular flexibility index (Phi) is 3.18. The van der Waals surface area contributed by atoms with Crippen LogP contribution in [0.4, 0.5) is 0 Å². The monoisotopic (exact) mass is 232 g/mol. The fraction of sp³-hybridized carbons (Fsp3) is 0.357. The van der Waals surface area contributed by atoms with Gasteiger partial charge in [0.2, 0.25) is 0 Å². The van der Waals surface area contributed by atoms with Crippen LogP contribution in [0.25, 0.3) is 11.0 Å². The molecule has 1 heterocycles. The van der Waals surface area contributed by atoms with Crippen molar-refractivity contribution in [2.24, 2.45) is 0 Å². The largest absolute Gasteiger partial charge is 0.508 e. The number of hydrogen-bond acceptors (Lipinski definition) is 3. The van der Waals surface area contributed by atoms with Crippen molar-refractivity contribution in [3.05, 3.63) is 39.7 Å². The maximum absolute atomic E-state index is 11.7. The average Bonchev–Trinajstić information content (AvgIpc) is 2.31. The minimum atomic E-state index is -0.283. The van der Waals surface area contributed by atoms with Crippen molar-refractivity contribution in [2.75, 3.05) is 0 Å². The SMILES string of the molecule is CCCCc1c(C)c(=O)oc2ccc(O)cc12. The number of aromatic hydroxyl groups is 1. The van der Waals surface area contributed by atoms with Crippen molar-refractivity contribution in [1.29, 1.82) is 0 Å². The molecule has 0 bridgehead atoms. The van der Waals surface area contributed by atoms with Crippen molar-refractivity contribution < 1.29 is 9.52 Å². The maximum Gasteiger partial charge on any atom is 0.339 e. The van der Waals surface area contributed by atoms with Crippen LogP contribution in [0.2, 0.25) is 0 Å². The van der Waals surface area contributed by atoms with Gasteiger partial charge in [0, 0.05) is 10.9 Å². The first kappa shape index (κ1) is 11.7. The summed E-state index contributed by atoms with van der Waals surface area (Å²) in [6, 6.07) is 4.83. The van der Waals surface area contributed by atoms with E-state index in [4.69, 9.17) is 4.42 Å². The number of rotatable bonds is 3. The molecule has 0 unspecified atom stereocenters. The van der Waals surface area contributed by atoms with E-state index in [9.17, 15) is 9.90 Å². The Hall–Kier alpha value is -1.77. The van der Waals surface area contributed by atoms with E-state index in [1.54, 1.807) is 19.1 Å². The number of hydrogen-bond donors (Lipinski definition) is 1. The Bertz CT molecular complexity index is 596. The number of benzene rings is 1. The minimum absolute atomic E-state index is 0.198. The molecule has 0 aliphatic rings. The van der Waals surface area contributed by atoms with Gasteiger partial charge in [0.1, 0.15) is 11.3 Å². The summed E-state index contributed by atoms with van der Waals surface area (Å²) in [5.74, 6) is 0.198. The van der Waals surface area contributed by atoms with Crippen LogP contribution in [0.3, 0.4) is 0 Å². The fourth-order valence-corrected chi connectivity index (χ4v) is 2.02. The van der Waals surface area contributed by atoms with Gasteiger partial charge in [0.05, 0.1) is 0 Å². The second-order valence-electron chi connectivity index (χ2n) is 4.28. The number of fused-ring (bicyclic) bond motifs is 1. The van der Waals surface area contributed by atoms with E-state index >= 15 is 0 Å². The Morgan fingerprint density at radius 1 is 1.35 bits per heavy atom. The first-order chi connectivity index (χ1) is 8.13. The van der Waals surface area contributed by atoms with E-state index in [1.165, 1.54) is 6.07 Å². The first-order valence-corrected chi connectivity index (χ1v) is 5.88. The quantitative estimate of drug-likeness (QED) is 0.827. The molecule has 0 amide bonds. The molecular formula is C14H16O3. The Morgan fingerprint density at radius 3 is 2.82 bits per heavy atom. The lowest BCUT2D eigenvalue weighted by molar-refractivity contribution is 0.475. The molecule has 1 aromatic heterocycles. The molecule has 0 fully saturated rings. The van der Waals surface area contributed by atoms with Crippen LogP contribution >= 0.6 is 0 Å². The molecule has 2 rings (SSSR count). The van der Waals surface area contributed by atoms with Gasteiger partial charge in [-0.25, -0.2) is 4.79 Å². The van der Waals surface area contributed by atoms with Crippen molar-refractivity contribution in [3.63, 3.8) is 0 Å². The van der Waals surface area contributed by atoms with Gasteiger partial charge in [-0.05, 0) is 43.5 Å². The highest BCUT2D eigenvalue weighted by atomic mass is 16.4. The second kappa shape index (κ2) is 4.62.